The number of sulfone groups is 1. The van der Waals surface area contributed by atoms with Gasteiger partial charge in [-0.15, -0.1) is 10.2 Å². The summed E-state index contributed by atoms with van der Waals surface area (Å²) >= 11 is 3.80. The highest BCUT2D eigenvalue weighted by molar-refractivity contribution is 9.10. The van der Waals surface area contributed by atoms with Crippen LogP contribution in [0.15, 0.2) is 31.1 Å². The van der Waals surface area contributed by atoms with Crippen molar-refractivity contribution in [3.63, 3.8) is 0 Å². The summed E-state index contributed by atoms with van der Waals surface area (Å²) in [6.07, 6.45) is 2.23. The summed E-state index contributed by atoms with van der Waals surface area (Å²) in [5.41, 5.74) is -0.224. The molecule has 0 aromatic carbocycles. The maximum Gasteiger partial charge on any atom is 0.268 e. The van der Waals surface area contributed by atoms with Gasteiger partial charge in [0.2, 0.25) is 19.3 Å². The van der Waals surface area contributed by atoms with Crippen LogP contribution in [0, 0.1) is 11.3 Å². The van der Waals surface area contributed by atoms with E-state index in [0.29, 0.717) is 21.8 Å². The summed E-state index contributed by atoms with van der Waals surface area (Å²) < 4.78 is 28.0. The van der Waals surface area contributed by atoms with Crippen molar-refractivity contribution in [1.82, 2.24) is 10.2 Å². The van der Waals surface area contributed by atoms with E-state index in [4.69, 9.17) is 9.68 Å². The van der Waals surface area contributed by atoms with Gasteiger partial charge in [-0.3, -0.25) is 10.1 Å². The minimum atomic E-state index is -3.50. The molecule has 0 saturated carbocycles. The van der Waals surface area contributed by atoms with Gasteiger partial charge in [-0.1, -0.05) is 11.3 Å². The molecule has 8 nitrogen and oxygen atoms in total. The van der Waals surface area contributed by atoms with Crippen LogP contribution in [0.5, 0.6) is 0 Å². The largest absolute Gasteiger partial charge is 0.450 e. The number of halogens is 1. The van der Waals surface area contributed by atoms with Crippen LogP contribution in [0.2, 0.25) is 0 Å². The molecule has 11 heteroatoms. The van der Waals surface area contributed by atoms with Crippen LogP contribution < -0.4 is 5.32 Å². The standard InChI is InChI=1S/C11H7BrN4O4S2/c1-22(18,19)11-16-15-10(21-11)14-9(17)6(5-13)4-7-2-3-8(12)20-7/h2-4H,1H3,(H,14,15,17)/b6-4-. The molecule has 0 saturated heterocycles. The number of nitrogens with one attached hydrogen (secondary N) is 1. The molecule has 0 aliphatic rings. The van der Waals surface area contributed by atoms with Crippen LogP contribution in [0.3, 0.4) is 0 Å². The Morgan fingerprint density at radius 1 is 1.50 bits per heavy atom. The number of rotatable bonds is 4. The smallest absolute Gasteiger partial charge is 0.268 e. The van der Waals surface area contributed by atoms with Gasteiger partial charge in [-0.25, -0.2) is 8.42 Å². The fraction of sp³-hybridized carbons (Fsp3) is 0.0909. The first-order chi connectivity index (χ1) is 10.3. The molecule has 0 aliphatic carbocycles. The van der Waals surface area contributed by atoms with E-state index in [1.165, 1.54) is 6.08 Å². The number of hydrogen-bond donors (Lipinski definition) is 1. The van der Waals surface area contributed by atoms with Crippen molar-refractivity contribution in [3.8, 4) is 6.07 Å². The Balaban J connectivity index is 2.18. The van der Waals surface area contributed by atoms with E-state index in [1.807, 2.05) is 0 Å². The lowest BCUT2D eigenvalue weighted by molar-refractivity contribution is -0.112. The average Bonchev–Trinajstić information content (AvgIpc) is 3.04. The third kappa shape index (κ3) is 4.00. The predicted molar refractivity (Wildman–Crippen MR) is 81.6 cm³/mol. The summed E-state index contributed by atoms with van der Waals surface area (Å²) in [5, 5.41) is 18.3. The second-order valence-electron chi connectivity index (χ2n) is 3.91. The molecule has 1 amide bonds. The Hall–Kier alpha value is -2.03. The number of nitriles is 1. The first-order valence-corrected chi connectivity index (χ1v) is 9.02. The molecule has 0 radical (unpaired) electrons. The molecule has 1 N–H and O–H groups in total. The van der Waals surface area contributed by atoms with Gasteiger partial charge in [0.25, 0.3) is 5.91 Å². The van der Waals surface area contributed by atoms with Crippen molar-refractivity contribution in [2.75, 3.05) is 11.6 Å². The second-order valence-corrected chi connectivity index (χ2v) is 7.86. The van der Waals surface area contributed by atoms with Crippen molar-refractivity contribution in [2.24, 2.45) is 0 Å². The lowest BCUT2D eigenvalue weighted by atomic mass is 10.2. The molecule has 0 fully saturated rings. The fourth-order valence-electron chi connectivity index (χ4n) is 1.27. The lowest BCUT2D eigenvalue weighted by Gasteiger charge is -1.98. The highest BCUT2D eigenvalue weighted by Gasteiger charge is 2.17. The van der Waals surface area contributed by atoms with Gasteiger partial charge in [0.05, 0.1) is 0 Å². The van der Waals surface area contributed by atoms with Gasteiger partial charge in [0.15, 0.2) is 4.67 Å². The number of carbonyl (C=O) groups is 1. The minimum absolute atomic E-state index is 0.0211. The van der Waals surface area contributed by atoms with Crippen molar-refractivity contribution in [1.29, 1.82) is 5.26 Å². The Morgan fingerprint density at radius 2 is 2.23 bits per heavy atom. The highest BCUT2D eigenvalue weighted by atomic mass is 79.9. The molecule has 0 atom stereocenters. The Morgan fingerprint density at radius 3 is 2.73 bits per heavy atom. The predicted octanol–water partition coefficient (Wildman–Crippen LogP) is 1.84. The number of amides is 1. The molecule has 114 valence electrons. The molecule has 22 heavy (non-hydrogen) atoms. The van der Waals surface area contributed by atoms with Gasteiger partial charge in [0, 0.05) is 12.3 Å². The number of carbonyl (C=O) groups excluding carboxylic acids is 1. The first-order valence-electron chi connectivity index (χ1n) is 5.51. The normalized spacial score (nSPS) is 12.0. The molecule has 2 aromatic rings. The third-order valence-electron chi connectivity index (χ3n) is 2.19. The van der Waals surface area contributed by atoms with E-state index in [1.54, 1.807) is 18.2 Å². The molecule has 0 aliphatic heterocycles. The van der Waals surface area contributed by atoms with Crippen LogP contribution in [-0.4, -0.2) is 30.8 Å². The van der Waals surface area contributed by atoms with Crippen LogP contribution in [0.4, 0.5) is 5.13 Å². The highest BCUT2D eigenvalue weighted by Crippen LogP contribution is 2.21. The SMILES string of the molecule is CS(=O)(=O)c1nnc(NC(=O)/C(C#N)=C\c2ccc(Br)o2)s1. The van der Waals surface area contributed by atoms with Gasteiger partial charge in [0.1, 0.15) is 17.4 Å². The molecule has 2 rings (SSSR count). The topological polar surface area (TPSA) is 126 Å². The summed E-state index contributed by atoms with van der Waals surface area (Å²) in [5.74, 6) is -0.432. The van der Waals surface area contributed by atoms with Crippen molar-refractivity contribution in [3.05, 3.63) is 28.1 Å². The molecular formula is C11H7BrN4O4S2. The minimum Gasteiger partial charge on any atom is -0.450 e. The fourth-order valence-corrected chi connectivity index (χ4v) is 3.09. The molecule has 2 heterocycles. The zero-order valence-electron chi connectivity index (χ0n) is 10.9. The number of anilines is 1. The average molecular weight is 403 g/mol. The van der Waals surface area contributed by atoms with Crippen LogP contribution >= 0.6 is 27.3 Å². The van der Waals surface area contributed by atoms with E-state index in [9.17, 15) is 13.2 Å². The zero-order chi connectivity index (χ0) is 16.3. The van der Waals surface area contributed by atoms with Gasteiger partial charge >= 0.3 is 0 Å². The van der Waals surface area contributed by atoms with E-state index in [2.05, 4.69) is 31.4 Å². The molecule has 2 aromatic heterocycles. The van der Waals surface area contributed by atoms with Crippen LogP contribution in [-0.2, 0) is 14.6 Å². The summed E-state index contributed by atoms with van der Waals surface area (Å²) in [6.45, 7) is 0. The molecule has 0 unspecified atom stereocenters. The number of aromatic nitrogens is 2. The van der Waals surface area contributed by atoms with E-state index in [0.717, 1.165) is 6.26 Å². The Kier molecular flexibility index (Phi) is 4.74. The monoisotopic (exact) mass is 402 g/mol. The number of furan rings is 1. The first kappa shape index (κ1) is 16.3. The lowest BCUT2D eigenvalue weighted by Crippen LogP contribution is -2.13. The molecule has 0 spiro atoms. The second kappa shape index (κ2) is 6.39. The van der Waals surface area contributed by atoms with E-state index >= 15 is 0 Å². The summed E-state index contributed by atoms with van der Waals surface area (Å²) in [6, 6.07) is 4.91. The number of hydrogen-bond acceptors (Lipinski definition) is 8. The number of nitrogens with zero attached hydrogens (tertiary/aromatic N) is 3. The van der Waals surface area contributed by atoms with Crippen molar-refractivity contribution < 1.29 is 17.6 Å². The van der Waals surface area contributed by atoms with Gasteiger partial charge in [-0.05, 0) is 28.1 Å². The van der Waals surface area contributed by atoms with Crippen molar-refractivity contribution in [2.45, 2.75) is 4.34 Å². The maximum absolute atomic E-state index is 11.9. The molecule has 0 bridgehead atoms. The van der Waals surface area contributed by atoms with E-state index in [-0.39, 0.29) is 15.0 Å². The summed E-state index contributed by atoms with van der Waals surface area (Å²) in [7, 11) is -3.50. The zero-order valence-corrected chi connectivity index (χ0v) is 14.1. The maximum atomic E-state index is 11.9. The Bertz CT molecular complexity index is 891. The van der Waals surface area contributed by atoms with E-state index < -0.39 is 15.7 Å². The van der Waals surface area contributed by atoms with Crippen LogP contribution in [0.1, 0.15) is 5.76 Å². The molecular weight excluding hydrogens is 396 g/mol. The van der Waals surface area contributed by atoms with Gasteiger partial charge < -0.3 is 4.42 Å². The quantitative estimate of drug-likeness (QED) is 0.469. The van der Waals surface area contributed by atoms with Crippen LogP contribution in [0.25, 0.3) is 6.08 Å². The summed E-state index contributed by atoms with van der Waals surface area (Å²) in [4.78, 5) is 11.9. The van der Waals surface area contributed by atoms with Crippen molar-refractivity contribution >= 4 is 54.2 Å². The Labute approximate surface area is 137 Å². The van der Waals surface area contributed by atoms with Gasteiger partial charge in [-0.2, -0.15) is 5.26 Å². The third-order valence-corrected chi connectivity index (χ3v) is 5.12.